The summed E-state index contributed by atoms with van der Waals surface area (Å²) in [5.74, 6) is 1.70. The standard InChI is InChI=1S/C13H18O3/c1-4-5-9-13(2)15-11-8-6-7-10(14-3)12(11)16-13/h6-8H,4-5,9H2,1-3H3. The molecule has 3 nitrogen and oxygen atoms in total. The molecule has 0 amide bonds. The molecule has 0 spiro atoms. The minimum Gasteiger partial charge on any atom is -0.493 e. The summed E-state index contributed by atoms with van der Waals surface area (Å²) in [5.41, 5.74) is 0. The molecule has 1 atom stereocenters. The summed E-state index contributed by atoms with van der Waals surface area (Å²) in [7, 11) is 1.64. The predicted octanol–water partition coefficient (Wildman–Crippen LogP) is 3.37. The van der Waals surface area contributed by atoms with Gasteiger partial charge in [0, 0.05) is 13.3 Å². The number of rotatable bonds is 4. The average Bonchev–Trinajstić information content (AvgIpc) is 2.63. The number of ether oxygens (including phenoxy) is 3. The first-order valence-corrected chi connectivity index (χ1v) is 5.73. The second-order valence-electron chi connectivity index (χ2n) is 4.23. The van der Waals surface area contributed by atoms with Crippen LogP contribution in [0.1, 0.15) is 33.1 Å². The van der Waals surface area contributed by atoms with Gasteiger partial charge in [-0.3, -0.25) is 0 Å². The van der Waals surface area contributed by atoms with Gasteiger partial charge in [-0.05, 0) is 18.6 Å². The molecule has 1 heterocycles. The van der Waals surface area contributed by atoms with Gasteiger partial charge in [-0.25, -0.2) is 0 Å². The third kappa shape index (κ3) is 1.94. The monoisotopic (exact) mass is 222 g/mol. The van der Waals surface area contributed by atoms with Crippen LogP contribution in [-0.2, 0) is 0 Å². The van der Waals surface area contributed by atoms with Crippen LogP contribution in [-0.4, -0.2) is 12.9 Å². The molecule has 0 saturated heterocycles. The van der Waals surface area contributed by atoms with Gasteiger partial charge in [0.05, 0.1) is 7.11 Å². The molecule has 88 valence electrons. The summed E-state index contributed by atoms with van der Waals surface area (Å²) in [4.78, 5) is 0. The first kappa shape index (κ1) is 11.1. The van der Waals surface area contributed by atoms with E-state index >= 15 is 0 Å². The van der Waals surface area contributed by atoms with Gasteiger partial charge in [-0.2, -0.15) is 0 Å². The van der Waals surface area contributed by atoms with Crippen LogP contribution in [0.15, 0.2) is 18.2 Å². The molecule has 1 aliphatic heterocycles. The molecular formula is C13H18O3. The lowest BCUT2D eigenvalue weighted by atomic mass is 10.1. The number of fused-ring (bicyclic) bond motifs is 1. The Hall–Kier alpha value is -1.38. The van der Waals surface area contributed by atoms with Gasteiger partial charge in [-0.15, -0.1) is 0 Å². The van der Waals surface area contributed by atoms with E-state index in [-0.39, 0.29) is 0 Å². The highest BCUT2D eigenvalue weighted by Gasteiger charge is 2.37. The zero-order valence-electron chi connectivity index (χ0n) is 10.1. The summed E-state index contributed by atoms with van der Waals surface area (Å²) in [6, 6.07) is 5.70. The Morgan fingerprint density at radius 3 is 2.81 bits per heavy atom. The van der Waals surface area contributed by atoms with Crippen LogP contribution in [0.3, 0.4) is 0 Å². The highest BCUT2D eigenvalue weighted by Crippen LogP contribution is 2.46. The van der Waals surface area contributed by atoms with Crippen LogP contribution >= 0.6 is 0 Å². The Morgan fingerprint density at radius 1 is 1.31 bits per heavy atom. The van der Waals surface area contributed by atoms with Crippen LogP contribution in [0.2, 0.25) is 0 Å². The van der Waals surface area contributed by atoms with Crippen LogP contribution in [0.4, 0.5) is 0 Å². The zero-order valence-corrected chi connectivity index (χ0v) is 10.1. The summed E-state index contributed by atoms with van der Waals surface area (Å²) >= 11 is 0. The van der Waals surface area contributed by atoms with E-state index in [4.69, 9.17) is 14.2 Å². The molecule has 1 aliphatic rings. The largest absolute Gasteiger partial charge is 0.493 e. The number of hydrogen-bond acceptors (Lipinski definition) is 3. The van der Waals surface area contributed by atoms with Crippen molar-refractivity contribution in [3.63, 3.8) is 0 Å². The maximum atomic E-state index is 5.87. The molecule has 1 unspecified atom stereocenters. The lowest BCUT2D eigenvalue weighted by Crippen LogP contribution is -2.34. The van der Waals surface area contributed by atoms with Crippen molar-refractivity contribution < 1.29 is 14.2 Å². The van der Waals surface area contributed by atoms with Crippen molar-refractivity contribution in [1.29, 1.82) is 0 Å². The lowest BCUT2D eigenvalue weighted by Gasteiger charge is -2.22. The first-order chi connectivity index (χ1) is 7.68. The minimum absolute atomic E-state index is 0.535. The smallest absolute Gasteiger partial charge is 0.249 e. The van der Waals surface area contributed by atoms with E-state index < -0.39 is 5.79 Å². The molecule has 0 aromatic heterocycles. The second-order valence-corrected chi connectivity index (χ2v) is 4.23. The van der Waals surface area contributed by atoms with E-state index in [0.29, 0.717) is 0 Å². The van der Waals surface area contributed by atoms with E-state index in [1.165, 1.54) is 0 Å². The number of methoxy groups -OCH3 is 1. The summed E-state index contributed by atoms with van der Waals surface area (Å²) in [5, 5.41) is 0. The van der Waals surface area contributed by atoms with Gasteiger partial charge >= 0.3 is 0 Å². The van der Waals surface area contributed by atoms with Crippen molar-refractivity contribution in [3.8, 4) is 17.2 Å². The van der Waals surface area contributed by atoms with E-state index in [2.05, 4.69) is 6.92 Å². The van der Waals surface area contributed by atoms with Crippen LogP contribution in [0.5, 0.6) is 17.2 Å². The number of para-hydroxylation sites is 1. The molecular weight excluding hydrogens is 204 g/mol. The Bertz CT molecular complexity index is 375. The van der Waals surface area contributed by atoms with Crippen molar-refractivity contribution in [3.05, 3.63) is 18.2 Å². The number of unbranched alkanes of at least 4 members (excludes halogenated alkanes) is 1. The SMILES string of the molecule is CCCCC1(C)Oc2cccc(OC)c2O1. The predicted molar refractivity (Wildman–Crippen MR) is 62.2 cm³/mol. The molecule has 16 heavy (non-hydrogen) atoms. The van der Waals surface area contributed by atoms with Crippen LogP contribution < -0.4 is 14.2 Å². The van der Waals surface area contributed by atoms with Gasteiger partial charge < -0.3 is 14.2 Å². The van der Waals surface area contributed by atoms with Crippen molar-refractivity contribution in [1.82, 2.24) is 0 Å². The van der Waals surface area contributed by atoms with E-state index in [1.54, 1.807) is 7.11 Å². The second kappa shape index (κ2) is 4.24. The number of hydrogen-bond donors (Lipinski definition) is 0. The molecule has 0 N–H and O–H groups in total. The van der Waals surface area contributed by atoms with E-state index in [9.17, 15) is 0 Å². The third-order valence-electron chi connectivity index (χ3n) is 2.79. The summed E-state index contributed by atoms with van der Waals surface area (Å²) in [6.45, 7) is 4.13. The topological polar surface area (TPSA) is 27.7 Å². The molecule has 3 heteroatoms. The molecule has 0 aliphatic carbocycles. The van der Waals surface area contributed by atoms with Crippen molar-refractivity contribution in [2.75, 3.05) is 7.11 Å². The molecule has 1 aromatic carbocycles. The molecule has 0 fully saturated rings. The minimum atomic E-state index is -0.535. The fraction of sp³-hybridized carbons (Fsp3) is 0.538. The maximum absolute atomic E-state index is 5.87. The van der Waals surface area contributed by atoms with Crippen LogP contribution in [0.25, 0.3) is 0 Å². The Morgan fingerprint density at radius 2 is 2.12 bits per heavy atom. The maximum Gasteiger partial charge on any atom is 0.249 e. The van der Waals surface area contributed by atoms with Crippen molar-refractivity contribution in [2.24, 2.45) is 0 Å². The highest BCUT2D eigenvalue weighted by molar-refractivity contribution is 5.53. The molecule has 0 radical (unpaired) electrons. The van der Waals surface area contributed by atoms with Gasteiger partial charge in [0.2, 0.25) is 11.5 Å². The van der Waals surface area contributed by atoms with E-state index in [1.807, 2.05) is 25.1 Å². The molecule has 0 bridgehead atoms. The fourth-order valence-corrected chi connectivity index (χ4v) is 1.91. The summed E-state index contributed by atoms with van der Waals surface area (Å²) < 4.78 is 17.0. The van der Waals surface area contributed by atoms with Crippen molar-refractivity contribution >= 4 is 0 Å². The van der Waals surface area contributed by atoms with Crippen molar-refractivity contribution in [2.45, 2.75) is 38.9 Å². The lowest BCUT2D eigenvalue weighted by molar-refractivity contribution is -0.0700. The van der Waals surface area contributed by atoms with E-state index in [0.717, 1.165) is 36.5 Å². The third-order valence-corrected chi connectivity index (χ3v) is 2.79. The number of benzene rings is 1. The van der Waals surface area contributed by atoms with Gasteiger partial charge in [0.25, 0.3) is 0 Å². The quantitative estimate of drug-likeness (QED) is 0.781. The van der Waals surface area contributed by atoms with Crippen LogP contribution in [0, 0.1) is 0 Å². The first-order valence-electron chi connectivity index (χ1n) is 5.73. The van der Waals surface area contributed by atoms with Gasteiger partial charge in [-0.1, -0.05) is 19.4 Å². The average molecular weight is 222 g/mol. The normalized spacial score (nSPS) is 22.2. The van der Waals surface area contributed by atoms with Gasteiger partial charge in [0.1, 0.15) is 0 Å². The Labute approximate surface area is 96.3 Å². The van der Waals surface area contributed by atoms with Gasteiger partial charge in [0.15, 0.2) is 11.5 Å². The fourth-order valence-electron chi connectivity index (χ4n) is 1.91. The summed E-state index contributed by atoms with van der Waals surface area (Å²) in [6.07, 6.45) is 3.12. The molecule has 2 rings (SSSR count). The zero-order chi connectivity index (χ0) is 11.6. The molecule has 1 aromatic rings. The Balaban J connectivity index is 2.19. The highest BCUT2D eigenvalue weighted by atomic mass is 16.7. The molecule has 0 saturated carbocycles. The Kier molecular flexibility index (Phi) is 2.95.